The molecule has 0 radical (unpaired) electrons. The van der Waals surface area contributed by atoms with E-state index in [0.29, 0.717) is 24.2 Å². The molecule has 3 atom stereocenters. The average Bonchev–Trinajstić information content (AvgIpc) is 3.68. The Morgan fingerprint density at radius 3 is 1.69 bits per heavy atom. The second kappa shape index (κ2) is 7.88. The molecule has 5 heterocycles. The van der Waals surface area contributed by atoms with Crippen molar-refractivity contribution in [3.05, 3.63) is 156 Å². The highest BCUT2D eigenvalue weighted by atomic mass is 16.2. The molecule has 5 aliphatic rings. The Morgan fingerprint density at radius 2 is 1.10 bits per heavy atom. The highest BCUT2D eigenvalue weighted by Crippen LogP contribution is 2.62. The van der Waals surface area contributed by atoms with Crippen LogP contribution in [0, 0.1) is 0 Å². The van der Waals surface area contributed by atoms with Crippen molar-refractivity contribution >= 4 is 5.57 Å². The summed E-state index contributed by atoms with van der Waals surface area (Å²) in [4.78, 5) is 56.5. The lowest BCUT2D eigenvalue weighted by Gasteiger charge is -2.47. The molecule has 2 aromatic heterocycles. The van der Waals surface area contributed by atoms with E-state index in [0.717, 1.165) is 16.7 Å². The largest absolute Gasteiger partial charge is 0.352 e. The van der Waals surface area contributed by atoms with Crippen molar-refractivity contribution in [2.24, 2.45) is 0 Å². The summed E-state index contributed by atoms with van der Waals surface area (Å²) in [6.07, 6.45) is 5.21. The van der Waals surface area contributed by atoms with E-state index in [1.54, 1.807) is 57.9 Å². The standard InChI is InChI=1S/C32H24N6O4/c39-28-33(21-12-6-2-7-13-21)29(40)36-24-17-16-23(35(28)36)25-26(20-10-4-1-5-11-20)32(18-19-32)38-31(42)34(22-14-8-3-9-15-22)30(41)37(38)27(24)25/h1-17,23-24,27H,18-19H2. The van der Waals surface area contributed by atoms with Crippen LogP contribution in [-0.2, 0) is 5.54 Å². The minimum atomic E-state index is -0.731. The highest BCUT2D eigenvalue weighted by Gasteiger charge is 2.61. The number of nitrogens with zero attached hydrogens (tertiary/aromatic N) is 6. The van der Waals surface area contributed by atoms with Gasteiger partial charge in [0, 0.05) is 0 Å². The van der Waals surface area contributed by atoms with Crippen LogP contribution in [-0.4, -0.2) is 27.9 Å². The molecule has 10 rings (SSSR count). The van der Waals surface area contributed by atoms with Gasteiger partial charge in [-0.05, 0) is 53.8 Å². The molecule has 0 amide bonds. The summed E-state index contributed by atoms with van der Waals surface area (Å²) in [7, 11) is 0. The van der Waals surface area contributed by atoms with Crippen molar-refractivity contribution in [3.8, 4) is 11.4 Å². The van der Waals surface area contributed by atoms with Crippen LogP contribution in [0.15, 0.2) is 128 Å². The van der Waals surface area contributed by atoms with Gasteiger partial charge >= 0.3 is 22.8 Å². The van der Waals surface area contributed by atoms with Crippen molar-refractivity contribution in [3.63, 3.8) is 0 Å². The van der Waals surface area contributed by atoms with Crippen molar-refractivity contribution < 1.29 is 0 Å². The third-order valence-electron chi connectivity index (χ3n) is 9.22. The first-order valence-corrected chi connectivity index (χ1v) is 14.1. The number of benzene rings is 3. The van der Waals surface area contributed by atoms with E-state index in [1.165, 1.54) is 18.5 Å². The van der Waals surface area contributed by atoms with E-state index >= 15 is 0 Å². The molecule has 206 valence electrons. The minimum absolute atomic E-state index is 0.409. The Kier molecular flexibility index (Phi) is 4.38. The summed E-state index contributed by atoms with van der Waals surface area (Å²) in [5.74, 6) is 0. The van der Waals surface area contributed by atoms with Gasteiger partial charge in [-0.2, -0.15) is 0 Å². The lowest BCUT2D eigenvalue weighted by molar-refractivity contribution is 0.191. The maximum absolute atomic E-state index is 14.3. The van der Waals surface area contributed by atoms with Crippen LogP contribution in [0.1, 0.15) is 36.5 Å². The Hall–Kier alpha value is -5.38. The summed E-state index contributed by atoms with van der Waals surface area (Å²) in [5, 5.41) is 0. The van der Waals surface area contributed by atoms with E-state index in [9.17, 15) is 19.2 Å². The normalized spacial score (nSPS) is 22.2. The Labute approximate surface area is 237 Å². The molecule has 2 aliphatic carbocycles. The second-order valence-corrected chi connectivity index (χ2v) is 11.3. The van der Waals surface area contributed by atoms with Crippen molar-refractivity contribution in [1.29, 1.82) is 0 Å². The average molecular weight is 557 g/mol. The number of hydrogen-bond acceptors (Lipinski definition) is 4. The molecule has 3 aromatic carbocycles. The lowest BCUT2D eigenvalue weighted by atomic mass is 9.76. The molecule has 10 heteroatoms. The molecule has 1 fully saturated rings. The Balaban J connectivity index is 1.41. The van der Waals surface area contributed by atoms with Crippen molar-refractivity contribution in [2.45, 2.75) is 36.5 Å². The van der Waals surface area contributed by atoms with Gasteiger partial charge < -0.3 is 0 Å². The zero-order valence-corrected chi connectivity index (χ0v) is 22.3. The van der Waals surface area contributed by atoms with Crippen LogP contribution < -0.4 is 22.8 Å². The Morgan fingerprint density at radius 1 is 0.571 bits per heavy atom. The molecule has 2 bridgehead atoms. The van der Waals surface area contributed by atoms with Gasteiger partial charge in [0.15, 0.2) is 0 Å². The Bertz CT molecular complexity index is 2240. The molecule has 1 spiro atoms. The number of rotatable bonds is 3. The minimum Gasteiger partial charge on any atom is -0.245 e. The fourth-order valence-corrected chi connectivity index (χ4v) is 7.46. The summed E-state index contributed by atoms with van der Waals surface area (Å²) in [6.45, 7) is 0. The first kappa shape index (κ1) is 23.3. The van der Waals surface area contributed by atoms with E-state index in [2.05, 4.69) is 0 Å². The third kappa shape index (κ3) is 2.69. The molecule has 3 unspecified atom stereocenters. The molecule has 0 saturated heterocycles. The fraction of sp³-hybridized carbons (Fsp3) is 0.188. The van der Waals surface area contributed by atoms with Gasteiger partial charge in [0.05, 0.1) is 23.0 Å². The van der Waals surface area contributed by atoms with Gasteiger partial charge in [0.2, 0.25) is 0 Å². The van der Waals surface area contributed by atoms with Gasteiger partial charge in [0.25, 0.3) is 0 Å². The van der Waals surface area contributed by atoms with Crippen molar-refractivity contribution in [2.75, 3.05) is 0 Å². The molecule has 1 saturated carbocycles. The lowest BCUT2D eigenvalue weighted by Crippen LogP contribution is -2.53. The maximum atomic E-state index is 14.3. The van der Waals surface area contributed by atoms with Crippen LogP contribution in [0.4, 0.5) is 0 Å². The van der Waals surface area contributed by atoms with Gasteiger partial charge in [-0.1, -0.05) is 78.9 Å². The first-order chi connectivity index (χ1) is 20.5. The SMILES string of the molecule is O=c1n(-c2ccccc2)c(=O)n2n1C1C=CC2C2C1=C(c1ccccc1)C1(CC1)n1c(=O)n(-c3ccccc3)c(=O)n12. The summed E-state index contributed by atoms with van der Waals surface area (Å²) >= 11 is 0. The predicted octanol–water partition coefficient (Wildman–Crippen LogP) is 2.78. The van der Waals surface area contributed by atoms with Gasteiger partial charge in [-0.25, -0.2) is 47.0 Å². The van der Waals surface area contributed by atoms with Crippen molar-refractivity contribution in [1.82, 2.24) is 27.9 Å². The summed E-state index contributed by atoms with van der Waals surface area (Å²) < 4.78 is 8.59. The highest BCUT2D eigenvalue weighted by molar-refractivity contribution is 5.80. The zero-order chi connectivity index (χ0) is 28.3. The van der Waals surface area contributed by atoms with Crippen LogP contribution in [0.5, 0.6) is 0 Å². The summed E-state index contributed by atoms with van der Waals surface area (Å²) in [5.41, 5.74) is 1.22. The number of allylic oxidation sites excluding steroid dienone is 4. The third-order valence-corrected chi connectivity index (χ3v) is 9.22. The first-order valence-electron chi connectivity index (χ1n) is 14.1. The molecular formula is C32H24N6O4. The summed E-state index contributed by atoms with van der Waals surface area (Å²) in [6, 6.07) is 25.7. The van der Waals surface area contributed by atoms with Crippen LogP contribution >= 0.6 is 0 Å². The molecule has 0 N–H and O–H groups in total. The molecular weight excluding hydrogens is 532 g/mol. The number of aromatic nitrogens is 6. The molecule has 5 aromatic rings. The van der Waals surface area contributed by atoms with Gasteiger partial charge in [-0.3, -0.25) is 0 Å². The molecule has 3 aliphatic heterocycles. The predicted molar refractivity (Wildman–Crippen MR) is 155 cm³/mol. The molecule has 10 nitrogen and oxygen atoms in total. The van der Waals surface area contributed by atoms with Gasteiger partial charge in [-0.15, -0.1) is 0 Å². The number of hydrogen-bond donors (Lipinski definition) is 0. The van der Waals surface area contributed by atoms with E-state index < -0.39 is 46.4 Å². The fourth-order valence-electron chi connectivity index (χ4n) is 7.46. The second-order valence-electron chi connectivity index (χ2n) is 11.3. The van der Waals surface area contributed by atoms with E-state index in [-0.39, 0.29) is 0 Å². The monoisotopic (exact) mass is 556 g/mol. The topological polar surface area (TPSA) is 97.9 Å². The van der Waals surface area contributed by atoms with Crippen LogP contribution in [0.25, 0.3) is 16.9 Å². The van der Waals surface area contributed by atoms with Crippen LogP contribution in [0.2, 0.25) is 0 Å². The smallest absolute Gasteiger partial charge is 0.245 e. The zero-order valence-electron chi connectivity index (χ0n) is 22.3. The van der Waals surface area contributed by atoms with Gasteiger partial charge in [0.1, 0.15) is 12.1 Å². The van der Waals surface area contributed by atoms with E-state index in [1.807, 2.05) is 54.6 Å². The number of para-hydroxylation sites is 2. The van der Waals surface area contributed by atoms with E-state index in [4.69, 9.17) is 0 Å². The maximum Gasteiger partial charge on any atom is 0.352 e. The quantitative estimate of drug-likeness (QED) is 0.319. The molecule has 42 heavy (non-hydrogen) atoms. The van der Waals surface area contributed by atoms with Crippen LogP contribution in [0.3, 0.4) is 0 Å². The number of fused-ring (bicyclic) bond motifs is 2.